The minimum Gasteiger partial charge on any atom is -0.497 e. The van der Waals surface area contributed by atoms with Gasteiger partial charge in [-0.05, 0) is 48.5 Å². The fourth-order valence-corrected chi connectivity index (χ4v) is 5.61. The summed E-state index contributed by atoms with van der Waals surface area (Å²) in [5.74, 6) is 1.32. The lowest BCUT2D eigenvalue weighted by Crippen LogP contribution is -2.16. The summed E-state index contributed by atoms with van der Waals surface area (Å²) in [7, 11) is 3.19. The lowest BCUT2D eigenvalue weighted by Gasteiger charge is -2.12. The summed E-state index contributed by atoms with van der Waals surface area (Å²) in [6.45, 7) is 0. The third kappa shape index (κ3) is 2.15. The van der Waals surface area contributed by atoms with Gasteiger partial charge < -0.3 is 9.47 Å². The van der Waals surface area contributed by atoms with Crippen molar-refractivity contribution < 1.29 is 9.47 Å². The van der Waals surface area contributed by atoms with Gasteiger partial charge in [0.2, 0.25) is 0 Å². The number of hydrogen-bond acceptors (Lipinski definition) is 6. The van der Waals surface area contributed by atoms with Crippen LogP contribution in [0.25, 0.3) is 65.7 Å². The number of benzene rings is 4. The third-order valence-corrected chi connectivity index (χ3v) is 7.23. The first-order valence-electron chi connectivity index (χ1n) is 11.4. The van der Waals surface area contributed by atoms with E-state index in [1.807, 2.05) is 60.7 Å². The van der Waals surface area contributed by atoms with Crippen LogP contribution in [0.4, 0.5) is 0 Å². The Bertz CT molecular complexity index is 2320. The SMILES string of the molecule is COc1ccc2c(c1)nc1c3ccc4c(=O)n5c6cc(OC)ccc6nc5c5ccc(c(=O)n21)c3c45. The molecule has 8 rings (SSSR count). The Kier molecular flexibility index (Phi) is 3.42. The van der Waals surface area contributed by atoms with E-state index in [2.05, 4.69) is 0 Å². The molecule has 0 atom stereocenters. The quantitative estimate of drug-likeness (QED) is 0.348. The molecule has 0 aliphatic rings. The molecule has 8 heteroatoms. The van der Waals surface area contributed by atoms with E-state index in [1.165, 1.54) is 0 Å². The summed E-state index contributed by atoms with van der Waals surface area (Å²) in [5, 5.41) is 4.13. The second-order valence-corrected chi connectivity index (χ2v) is 8.93. The largest absolute Gasteiger partial charge is 0.497 e. The van der Waals surface area contributed by atoms with E-state index >= 15 is 0 Å². The number of ether oxygens (including phenoxy) is 2. The maximum Gasteiger partial charge on any atom is 0.264 e. The molecule has 36 heavy (non-hydrogen) atoms. The zero-order chi connectivity index (χ0) is 24.3. The predicted octanol–water partition coefficient (Wildman–Crippen LogP) is 4.36. The summed E-state index contributed by atoms with van der Waals surface area (Å²) < 4.78 is 14.0. The number of hydrogen-bond donors (Lipinski definition) is 0. The lowest BCUT2D eigenvalue weighted by atomic mass is 9.96. The number of methoxy groups -OCH3 is 2. The molecular weight excluding hydrogens is 456 g/mol. The number of fused-ring (bicyclic) bond motifs is 8. The molecule has 4 heterocycles. The molecular formula is C28H16N4O4. The smallest absolute Gasteiger partial charge is 0.264 e. The van der Waals surface area contributed by atoms with E-state index in [4.69, 9.17) is 19.4 Å². The Labute approximate surface area is 201 Å². The van der Waals surface area contributed by atoms with Gasteiger partial charge in [-0.2, -0.15) is 0 Å². The van der Waals surface area contributed by atoms with Gasteiger partial charge in [-0.3, -0.25) is 18.4 Å². The van der Waals surface area contributed by atoms with Crippen molar-refractivity contribution in [3.8, 4) is 11.5 Å². The average Bonchev–Trinajstić information content (AvgIpc) is 3.48. The number of pyridine rings is 2. The maximum absolute atomic E-state index is 13.8. The summed E-state index contributed by atoms with van der Waals surface area (Å²) in [4.78, 5) is 37.2. The highest BCUT2D eigenvalue weighted by atomic mass is 16.5. The van der Waals surface area contributed by atoms with Gasteiger partial charge in [-0.15, -0.1) is 0 Å². The van der Waals surface area contributed by atoms with Gasteiger partial charge >= 0.3 is 0 Å². The van der Waals surface area contributed by atoms with E-state index < -0.39 is 0 Å². The van der Waals surface area contributed by atoms with E-state index in [-0.39, 0.29) is 11.1 Å². The molecule has 0 fully saturated rings. The summed E-state index contributed by atoms with van der Waals surface area (Å²) in [5.41, 5.74) is 3.50. The van der Waals surface area contributed by atoms with E-state index in [9.17, 15) is 9.59 Å². The van der Waals surface area contributed by atoms with Gasteiger partial charge in [0.25, 0.3) is 11.1 Å². The van der Waals surface area contributed by atoms with Crippen LogP contribution in [0.2, 0.25) is 0 Å². The van der Waals surface area contributed by atoms with Crippen LogP contribution in [0.3, 0.4) is 0 Å². The Morgan fingerprint density at radius 1 is 0.583 bits per heavy atom. The first-order chi connectivity index (χ1) is 17.6. The highest BCUT2D eigenvalue weighted by Crippen LogP contribution is 2.37. The minimum absolute atomic E-state index is 0.176. The lowest BCUT2D eigenvalue weighted by molar-refractivity contribution is 0.415. The molecule has 0 unspecified atom stereocenters. The molecule has 8 nitrogen and oxygen atoms in total. The molecule has 0 radical (unpaired) electrons. The Morgan fingerprint density at radius 2 is 1.11 bits per heavy atom. The van der Waals surface area contributed by atoms with Crippen LogP contribution < -0.4 is 20.6 Å². The molecule has 4 aromatic carbocycles. The molecule has 0 saturated carbocycles. The first kappa shape index (κ1) is 19.3. The van der Waals surface area contributed by atoms with Gasteiger partial charge in [0.1, 0.15) is 22.8 Å². The van der Waals surface area contributed by atoms with Crippen LogP contribution in [0, 0.1) is 0 Å². The summed E-state index contributed by atoms with van der Waals surface area (Å²) in [6, 6.07) is 18.4. The van der Waals surface area contributed by atoms with Gasteiger partial charge in [-0.25, -0.2) is 9.97 Å². The second kappa shape index (κ2) is 6.37. The Morgan fingerprint density at radius 3 is 1.75 bits per heavy atom. The van der Waals surface area contributed by atoms with Gasteiger partial charge in [0.15, 0.2) is 0 Å². The summed E-state index contributed by atoms with van der Waals surface area (Å²) in [6.07, 6.45) is 0. The minimum atomic E-state index is -0.187. The number of rotatable bonds is 2. The van der Waals surface area contributed by atoms with Crippen LogP contribution in [0.1, 0.15) is 0 Å². The van der Waals surface area contributed by atoms with Gasteiger partial charge in [-0.1, -0.05) is 0 Å². The molecule has 4 aromatic heterocycles. The van der Waals surface area contributed by atoms with E-state index in [0.29, 0.717) is 55.6 Å². The fourth-order valence-electron chi connectivity index (χ4n) is 5.61. The molecule has 0 N–H and O–H groups in total. The molecule has 172 valence electrons. The maximum atomic E-state index is 13.8. The molecule has 0 aliphatic carbocycles. The highest BCUT2D eigenvalue weighted by Gasteiger charge is 2.22. The van der Waals surface area contributed by atoms with Crippen molar-refractivity contribution in [2.45, 2.75) is 0 Å². The number of imidazole rings is 2. The normalized spacial score (nSPS) is 12.4. The summed E-state index contributed by atoms with van der Waals surface area (Å²) >= 11 is 0. The standard InChI is InChI=1S/C28H16N4O4/c1-35-13-4-10-21-20(11-13)30-26-16-6-8-18-23-15(5-7-17(24(16)23)27(33)31(21)26)25-29-19-9-3-14(36-2)12-22(19)32(25)28(18)34/h3-12H,1-2H3. The zero-order valence-electron chi connectivity index (χ0n) is 19.2. The van der Waals surface area contributed by atoms with Gasteiger partial charge in [0, 0.05) is 44.5 Å². The van der Waals surface area contributed by atoms with Crippen molar-refractivity contribution in [3.05, 3.63) is 81.4 Å². The van der Waals surface area contributed by atoms with Crippen molar-refractivity contribution in [2.24, 2.45) is 0 Å². The van der Waals surface area contributed by atoms with Crippen molar-refractivity contribution in [1.29, 1.82) is 0 Å². The van der Waals surface area contributed by atoms with Crippen LogP contribution in [0.15, 0.2) is 70.3 Å². The van der Waals surface area contributed by atoms with E-state index in [0.717, 1.165) is 21.5 Å². The molecule has 0 aliphatic heterocycles. The third-order valence-electron chi connectivity index (χ3n) is 7.23. The van der Waals surface area contributed by atoms with Crippen molar-refractivity contribution >= 4 is 65.7 Å². The predicted molar refractivity (Wildman–Crippen MR) is 139 cm³/mol. The fraction of sp³-hybridized carbons (Fsp3) is 0.0714. The van der Waals surface area contributed by atoms with Crippen LogP contribution in [-0.2, 0) is 0 Å². The van der Waals surface area contributed by atoms with Crippen molar-refractivity contribution in [1.82, 2.24) is 18.8 Å². The van der Waals surface area contributed by atoms with Crippen LogP contribution in [-0.4, -0.2) is 33.0 Å². The van der Waals surface area contributed by atoms with Crippen molar-refractivity contribution in [2.75, 3.05) is 14.2 Å². The molecule has 0 amide bonds. The molecule has 8 aromatic rings. The Balaban J connectivity index is 1.63. The Hall–Kier alpha value is -4.98. The van der Waals surface area contributed by atoms with Crippen LogP contribution in [0.5, 0.6) is 11.5 Å². The van der Waals surface area contributed by atoms with E-state index in [1.54, 1.807) is 23.0 Å². The van der Waals surface area contributed by atoms with Crippen molar-refractivity contribution in [3.63, 3.8) is 0 Å². The highest BCUT2D eigenvalue weighted by molar-refractivity contribution is 6.27. The second-order valence-electron chi connectivity index (χ2n) is 8.93. The van der Waals surface area contributed by atoms with Crippen LogP contribution >= 0.6 is 0 Å². The monoisotopic (exact) mass is 472 g/mol. The topological polar surface area (TPSA) is 87.2 Å². The first-order valence-corrected chi connectivity index (χ1v) is 11.4. The number of aromatic nitrogens is 4. The number of nitrogens with zero attached hydrogens (tertiary/aromatic N) is 4. The molecule has 0 bridgehead atoms. The average molecular weight is 472 g/mol. The molecule has 0 saturated heterocycles. The van der Waals surface area contributed by atoms with Gasteiger partial charge in [0.05, 0.1) is 36.3 Å². The zero-order valence-corrected chi connectivity index (χ0v) is 19.2. The molecule has 0 spiro atoms.